The van der Waals surface area contributed by atoms with E-state index in [1.54, 1.807) is 6.07 Å². The van der Waals surface area contributed by atoms with Crippen LogP contribution in [0.1, 0.15) is 38.7 Å². The van der Waals surface area contributed by atoms with Gasteiger partial charge in [-0.2, -0.15) is 0 Å². The Balaban J connectivity index is 2.47. The molecule has 0 fully saturated rings. The first-order chi connectivity index (χ1) is 7.45. The fraction of sp³-hybridized carbons (Fsp3) is 0.538. The summed E-state index contributed by atoms with van der Waals surface area (Å²) in [5.74, 6) is 0.228. The average Bonchev–Trinajstić information content (AvgIpc) is 2.62. The lowest BCUT2D eigenvalue weighted by molar-refractivity contribution is 0.288. The Bertz CT molecular complexity index is 415. The van der Waals surface area contributed by atoms with Gasteiger partial charge < -0.3 is 5.32 Å². The highest BCUT2D eigenvalue weighted by Gasteiger charge is 2.35. The topological polar surface area (TPSA) is 12.0 Å². The van der Waals surface area contributed by atoms with Gasteiger partial charge in [0, 0.05) is 16.9 Å². The number of anilines is 1. The number of hydrogen-bond acceptors (Lipinski definition) is 1. The predicted octanol–water partition coefficient (Wildman–Crippen LogP) is 4.53. The van der Waals surface area contributed by atoms with E-state index in [1.807, 2.05) is 0 Å². The standard InChI is InChI=1S/C13H17BrFN/c1-4-13(2,3)10-7-16-12-9(10)5-8(15)6-11(12)14/h5-6,10,16H,4,7H2,1-3H3. The van der Waals surface area contributed by atoms with Gasteiger partial charge in [0.15, 0.2) is 0 Å². The van der Waals surface area contributed by atoms with Crippen LogP contribution in [0.25, 0.3) is 0 Å². The third-order valence-corrected chi connectivity index (χ3v) is 4.42. The Kier molecular flexibility index (Phi) is 2.99. The normalized spacial score (nSPS) is 19.4. The number of fused-ring (bicyclic) bond motifs is 1. The van der Waals surface area contributed by atoms with Crippen molar-refractivity contribution in [3.05, 3.63) is 28.0 Å². The highest BCUT2D eigenvalue weighted by molar-refractivity contribution is 9.10. The van der Waals surface area contributed by atoms with E-state index in [0.29, 0.717) is 5.92 Å². The predicted molar refractivity (Wildman–Crippen MR) is 69.4 cm³/mol. The third kappa shape index (κ3) is 1.86. The SMILES string of the molecule is CCC(C)(C)C1CNc2c(Br)cc(F)cc21. The molecule has 16 heavy (non-hydrogen) atoms. The zero-order valence-electron chi connectivity index (χ0n) is 9.90. The monoisotopic (exact) mass is 285 g/mol. The van der Waals surface area contributed by atoms with Gasteiger partial charge in [-0.25, -0.2) is 4.39 Å². The molecule has 1 aromatic rings. The minimum Gasteiger partial charge on any atom is -0.383 e. The Hall–Kier alpha value is -0.570. The lowest BCUT2D eigenvalue weighted by atomic mass is 9.74. The lowest BCUT2D eigenvalue weighted by Gasteiger charge is -2.30. The van der Waals surface area contributed by atoms with Crippen LogP contribution in [0.2, 0.25) is 0 Å². The molecule has 1 nitrogen and oxygen atoms in total. The Morgan fingerprint density at radius 1 is 1.50 bits per heavy atom. The molecule has 2 rings (SSSR count). The van der Waals surface area contributed by atoms with Gasteiger partial charge in [-0.1, -0.05) is 27.2 Å². The first-order valence-corrected chi connectivity index (χ1v) is 6.48. The zero-order valence-corrected chi connectivity index (χ0v) is 11.5. The van der Waals surface area contributed by atoms with Gasteiger partial charge in [0.05, 0.1) is 5.69 Å². The largest absolute Gasteiger partial charge is 0.383 e. The summed E-state index contributed by atoms with van der Waals surface area (Å²) in [7, 11) is 0. The lowest BCUT2D eigenvalue weighted by Crippen LogP contribution is -2.22. The second-order valence-corrected chi connectivity index (χ2v) is 5.98. The third-order valence-electron chi connectivity index (χ3n) is 3.80. The molecule has 1 aliphatic heterocycles. The van der Waals surface area contributed by atoms with Gasteiger partial charge in [0.25, 0.3) is 0 Å². The summed E-state index contributed by atoms with van der Waals surface area (Å²) in [4.78, 5) is 0. The molecule has 1 unspecified atom stereocenters. The fourth-order valence-electron chi connectivity index (χ4n) is 2.31. The number of hydrogen-bond donors (Lipinski definition) is 1. The molecule has 0 amide bonds. The van der Waals surface area contributed by atoms with Gasteiger partial charge in [-0.3, -0.25) is 0 Å². The molecule has 0 aromatic heterocycles. The maximum Gasteiger partial charge on any atom is 0.124 e. The van der Waals surface area contributed by atoms with E-state index in [4.69, 9.17) is 0 Å². The molecule has 0 bridgehead atoms. The van der Waals surface area contributed by atoms with E-state index >= 15 is 0 Å². The Morgan fingerprint density at radius 2 is 2.19 bits per heavy atom. The van der Waals surface area contributed by atoms with E-state index in [-0.39, 0.29) is 11.2 Å². The molecule has 1 aliphatic rings. The Labute approximate surface area is 105 Å². The Morgan fingerprint density at radius 3 is 2.81 bits per heavy atom. The van der Waals surface area contributed by atoms with Crippen molar-refractivity contribution in [1.82, 2.24) is 0 Å². The van der Waals surface area contributed by atoms with E-state index < -0.39 is 0 Å². The van der Waals surface area contributed by atoms with E-state index in [2.05, 4.69) is 42.0 Å². The molecule has 88 valence electrons. The van der Waals surface area contributed by atoms with Gasteiger partial charge in [-0.05, 0) is 39.0 Å². The molecule has 1 heterocycles. The van der Waals surface area contributed by atoms with Crippen LogP contribution in [0, 0.1) is 11.2 Å². The quantitative estimate of drug-likeness (QED) is 0.842. The van der Waals surface area contributed by atoms with Crippen molar-refractivity contribution in [2.75, 3.05) is 11.9 Å². The molecule has 0 saturated heterocycles. The van der Waals surface area contributed by atoms with Gasteiger partial charge >= 0.3 is 0 Å². The van der Waals surface area contributed by atoms with E-state index in [1.165, 1.54) is 6.07 Å². The van der Waals surface area contributed by atoms with Crippen LogP contribution in [0.4, 0.5) is 10.1 Å². The van der Waals surface area contributed by atoms with E-state index in [9.17, 15) is 4.39 Å². The fourth-order valence-corrected chi connectivity index (χ4v) is 2.90. The van der Waals surface area contributed by atoms with E-state index in [0.717, 1.165) is 28.7 Å². The van der Waals surface area contributed by atoms with Crippen molar-refractivity contribution in [2.45, 2.75) is 33.1 Å². The molecule has 1 aromatic carbocycles. The molecule has 0 radical (unpaired) electrons. The zero-order chi connectivity index (χ0) is 11.9. The van der Waals surface area contributed by atoms with Crippen molar-refractivity contribution in [3.8, 4) is 0 Å². The summed E-state index contributed by atoms with van der Waals surface area (Å²) >= 11 is 3.41. The highest BCUT2D eigenvalue weighted by Crippen LogP contribution is 2.47. The summed E-state index contributed by atoms with van der Waals surface area (Å²) in [6.45, 7) is 7.57. The molecule has 0 spiro atoms. The molecule has 1 atom stereocenters. The smallest absolute Gasteiger partial charge is 0.124 e. The second-order valence-electron chi connectivity index (χ2n) is 5.13. The molecular weight excluding hydrogens is 269 g/mol. The summed E-state index contributed by atoms with van der Waals surface area (Å²) < 4.78 is 14.3. The van der Waals surface area contributed by atoms with Crippen molar-refractivity contribution in [1.29, 1.82) is 0 Å². The van der Waals surface area contributed by atoms with Crippen molar-refractivity contribution >= 4 is 21.6 Å². The molecular formula is C13H17BrFN. The highest BCUT2D eigenvalue weighted by atomic mass is 79.9. The van der Waals surface area contributed by atoms with Crippen molar-refractivity contribution in [3.63, 3.8) is 0 Å². The summed E-state index contributed by atoms with van der Waals surface area (Å²) in [5, 5.41) is 3.37. The number of benzene rings is 1. The van der Waals surface area contributed by atoms with Gasteiger partial charge in [0.2, 0.25) is 0 Å². The van der Waals surface area contributed by atoms with Crippen LogP contribution < -0.4 is 5.32 Å². The number of rotatable bonds is 2. The molecule has 0 saturated carbocycles. The van der Waals surface area contributed by atoms with Gasteiger partial charge in [-0.15, -0.1) is 0 Å². The van der Waals surface area contributed by atoms with Crippen LogP contribution in [-0.4, -0.2) is 6.54 Å². The maximum absolute atomic E-state index is 13.4. The minimum absolute atomic E-state index is 0.161. The summed E-state index contributed by atoms with van der Waals surface area (Å²) in [5.41, 5.74) is 2.37. The first kappa shape index (κ1) is 11.9. The van der Waals surface area contributed by atoms with Gasteiger partial charge in [0.1, 0.15) is 5.82 Å². The minimum atomic E-state index is -0.161. The van der Waals surface area contributed by atoms with Crippen LogP contribution >= 0.6 is 15.9 Å². The summed E-state index contributed by atoms with van der Waals surface area (Å²) in [6, 6.07) is 3.19. The van der Waals surface area contributed by atoms with Crippen LogP contribution in [0.5, 0.6) is 0 Å². The van der Waals surface area contributed by atoms with Crippen molar-refractivity contribution < 1.29 is 4.39 Å². The van der Waals surface area contributed by atoms with Crippen molar-refractivity contribution in [2.24, 2.45) is 5.41 Å². The molecule has 3 heteroatoms. The molecule has 1 N–H and O–H groups in total. The average molecular weight is 286 g/mol. The number of halogens is 2. The van der Waals surface area contributed by atoms with Crippen LogP contribution in [-0.2, 0) is 0 Å². The number of nitrogens with one attached hydrogen (secondary N) is 1. The summed E-state index contributed by atoms with van der Waals surface area (Å²) in [6.07, 6.45) is 1.09. The van der Waals surface area contributed by atoms with Crippen LogP contribution in [0.3, 0.4) is 0 Å². The second kappa shape index (κ2) is 4.02. The maximum atomic E-state index is 13.4. The first-order valence-electron chi connectivity index (χ1n) is 5.68. The van der Waals surface area contributed by atoms with Crippen LogP contribution in [0.15, 0.2) is 16.6 Å². The molecule has 0 aliphatic carbocycles.